The molecule has 9 heavy (non-hydrogen) atoms. The third-order valence-electron chi connectivity index (χ3n) is 0.803. The van der Waals surface area contributed by atoms with E-state index in [2.05, 4.69) is 11.7 Å². The fourth-order valence-corrected chi connectivity index (χ4v) is 0.360. The quantitative estimate of drug-likeness (QED) is 0.338. The van der Waals surface area contributed by atoms with Gasteiger partial charge in [-0.15, -0.1) is 0 Å². The molecular weight excluding hydrogens is 144 g/mol. The van der Waals surface area contributed by atoms with Crippen LogP contribution in [0.2, 0.25) is 0 Å². The van der Waals surface area contributed by atoms with Crippen LogP contribution in [0.15, 0.2) is 0 Å². The van der Waals surface area contributed by atoms with Gasteiger partial charge in [0.1, 0.15) is 0 Å². The van der Waals surface area contributed by atoms with Crippen LogP contribution in [0.4, 0.5) is 0 Å². The van der Waals surface area contributed by atoms with Crippen LogP contribution >= 0.6 is 0 Å². The Labute approximate surface area is 86.0 Å². The third-order valence-corrected chi connectivity index (χ3v) is 0.803. The maximum atomic E-state index is 10.1. The van der Waals surface area contributed by atoms with Crippen molar-refractivity contribution in [2.24, 2.45) is 0 Å². The standard InChI is InChI=1S/C6H12O2.Ca.2H/c1-3-4-5-8-6(2)7;;;/h3-5H2,1-2H3;;;. The summed E-state index contributed by atoms with van der Waals surface area (Å²) < 4.78 is 4.64. The first-order valence-corrected chi connectivity index (χ1v) is 2.90. The number of rotatable bonds is 3. The van der Waals surface area contributed by atoms with Crippen LogP contribution in [0.25, 0.3) is 0 Å². The molecule has 3 heteroatoms. The Morgan fingerprint density at radius 1 is 1.56 bits per heavy atom. The second-order valence-electron chi connectivity index (χ2n) is 1.69. The Morgan fingerprint density at radius 3 is 2.44 bits per heavy atom. The molecule has 0 aromatic heterocycles. The van der Waals surface area contributed by atoms with Gasteiger partial charge in [0, 0.05) is 6.92 Å². The van der Waals surface area contributed by atoms with Crippen molar-refractivity contribution < 1.29 is 9.53 Å². The molecule has 0 aromatic rings. The van der Waals surface area contributed by atoms with Crippen molar-refractivity contribution in [3.63, 3.8) is 0 Å². The van der Waals surface area contributed by atoms with Crippen LogP contribution in [0.3, 0.4) is 0 Å². The molecule has 52 valence electrons. The van der Waals surface area contributed by atoms with Gasteiger partial charge < -0.3 is 4.74 Å². The van der Waals surface area contributed by atoms with E-state index in [1.807, 2.05) is 0 Å². The van der Waals surface area contributed by atoms with Crippen molar-refractivity contribution in [2.75, 3.05) is 6.61 Å². The molecule has 0 aliphatic carbocycles. The molecule has 0 rings (SSSR count). The third kappa shape index (κ3) is 12.0. The number of hydrogen-bond donors (Lipinski definition) is 0. The number of hydrogen-bond acceptors (Lipinski definition) is 2. The summed E-state index contributed by atoms with van der Waals surface area (Å²) in [7, 11) is 0. The number of esters is 1. The molecule has 0 amide bonds. The van der Waals surface area contributed by atoms with Gasteiger partial charge >= 0.3 is 43.7 Å². The summed E-state index contributed by atoms with van der Waals surface area (Å²) in [5, 5.41) is 0. The van der Waals surface area contributed by atoms with Crippen LogP contribution in [0, 0.1) is 0 Å². The zero-order valence-corrected chi connectivity index (χ0v) is 5.44. The predicted octanol–water partition coefficient (Wildman–Crippen LogP) is 0.433. The van der Waals surface area contributed by atoms with E-state index in [0.29, 0.717) is 6.61 Å². The number of unbranched alkanes of at least 4 members (excludes halogenated alkanes) is 1. The molecule has 0 aromatic carbocycles. The summed E-state index contributed by atoms with van der Waals surface area (Å²) in [6.07, 6.45) is 2.05. The molecule has 0 heterocycles. The fraction of sp³-hybridized carbons (Fsp3) is 0.833. The Balaban J connectivity index is 0. The molecule has 0 unspecified atom stereocenters. The van der Waals surface area contributed by atoms with E-state index in [0.717, 1.165) is 12.8 Å². The Bertz CT molecular complexity index is 73.5. The van der Waals surface area contributed by atoms with Gasteiger partial charge in [0.15, 0.2) is 0 Å². The van der Waals surface area contributed by atoms with Crippen molar-refractivity contribution in [1.82, 2.24) is 0 Å². The van der Waals surface area contributed by atoms with Gasteiger partial charge in [0.05, 0.1) is 6.61 Å². The summed E-state index contributed by atoms with van der Waals surface area (Å²) in [6.45, 7) is 4.06. The van der Waals surface area contributed by atoms with E-state index in [1.165, 1.54) is 6.92 Å². The first-order valence-electron chi connectivity index (χ1n) is 2.90. The molecule has 0 fully saturated rings. The minimum absolute atomic E-state index is 0. The minimum atomic E-state index is -0.182. The zero-order chi connectivity index (χ0) is 6.41. The van der Waals surface area contributed by atoms with Crippen LogP contribution in [0.1, 0.15) is 26.7 Å². The van der Waals surface area contributed by atoms with Crippen LogP contribution in [-0.4, -0.2) is 50.3 Å². The normalized spacial score (nSPS) is 7.78. The van der Waals surface area contributed by atoms with Crippen LogP contribution in [-0.2, 0) is 9.53 Å². The van der Waals surface area contributed by atoms with Crippen molar-refractivity contribution in [1.29, 1.82) is 0 Å². The maximum absolute atomic E-state index is 10.1. The van der Waals surface area contributed by atoms with Gasteiger partial charge in [0.2, 0.25) is 0 Å². The average Bonchev–Trinajstić information content (AvgIpc) is 1.66. The average molecular weight is 158 g/mol. The summed E-state index contributed by atoms with van der Waals surface area (Å²) in [5.41, 5.74) is 0. The molecule has 0 saturated heterocycles. The molecule has 2 nitrogen and oxygen atoms in total. The van der Waals surface area contributed by atoms with Gasteiger partial charge in [0.25, 0.3) is 0 Å². The van der Waals surface area contributed by atoms with Crippen LogP contribution in [0.5, 0.6) is 0 Å². The molecule has 0 spiro atoms. The van der Waals surface area contributed by atoms with Crippen molar-refractivity contribution >= 4 is 43.7 Å². The molecular formula is C6H14CaO2. The van der Waals surface area contributed by atoms with Gasteiger partial charge in [-0.1, -0.05) is 13.3 Å². The summed E-state index contributed by atoms with van der Waals surface area (Å²) >= 11 is 0. The second kappa shape index (κ2) is 8.73. The summed E-state index contributed by atoms with van der Waals surface area (Å²) in [5.74, 6) is -0.182. The zero-order valence-electron chi connectivity index (χ0n) is 5.44. The number of carbonyl (C=O) groups excluding carboxylic acids is 1. The Morgan fingerprint density at radius 2 is 2.11 bits per heavy atom. The molecule has 0 atom stereocenters. The Hall–Kier alpha value is 0.730. The topological polar surface area (TPSA) is 26.3 Å². The molecule has 0 bridgehead atoms. The molecule has 0 N–H and O–H groups in total. The van der Waals surface area contributed by atoms with E-state index >= 15 is 0 Å². The van der Waals surface area contributed by atoms with E-state index < -0.39 is 0 Å². The van der Waals surface area contributed by atoms with E-state index in [-0.39, 0.29) is 43.7 Å². The second-order valence-corrected chi connectivity index (χ2v) is 1.69. The monoisotopic (exact) mass is 158 g/mol. The van der Waals surface area contributed by atoms with Gasteiger partial charge in [-0.3, -0.25) is 4.79 Å². The molecule has 0 aliphatic rings. The van der Waals surface area contributed by atoms with E-state index in [9.17, 15) is 4.79 Å². The first kappa shape index (κ1) is 12.4. The van der Waals surface area contributed by atoms with Crippen molar-refractivity contribution in [3.05, 3.63) is 0 Å². The van der Waals surface area contributed by atoms with Gasteiger partial charge in [-0.2, -0.15) is 0 Å². The molecule has 0 aliphatic heterocycles. The molecule has 0 radical (unpaired) electrons. The fourth-order valence-electron chi connectivity index (χ4n) is 0.360. The first-order chi connectivity index (χ1) is 3.77. The summed E-state index contributed by atoms with van der Waals surface area (Å²) in [6, 6.07) is 0. The Kier molecular flexibility index (Phi) is 12.0. The molecule has 0 saturated carbocycles. The van der Waals surface area contributed by atoms with Crippen molar-refractivity contribution in [3.8, 4) is 0 Å². The summed E-state index contributed by atoms with van der Waals surface area (Å²) in [4.78, 5) is 10.1. The van der Waals surface area contributed by atoms with E-state index in [4.69, 9.17) is 0 Å². The number of carbonyl (C=O) groups is 1. The van der Waals surface area contributed by atoms with Crippen molar-refractivity contribution in [2.45, 2.75) is 26.7 Å². The predicted molar refractivity (Wildman–Crippen MR) is 40.1 cm³/mol. The van der Waals surface area contributed by atoms with Crippen LogP contribution < -0.4 is 0 Å². The van der Waals surface area contributed by atoms with E-state index in [1.54, 1.807) is 0 Å². The number of ether oxygens (including phenoxy) is 1. The van der Waals surface area contributed by atoms with Gasteiger partial charge in [-0.05, 0) is 6.42 Å². The van der Waals surface area contributed by atoms with Gasteiger partial charge in [-0.25, -0.2) is 0 Å². The SMILES string of the molecule is CCCCOC(C)=O.[CaH2].